The van der Waals surface area contributed by atoms with Crippen LogP contribution < -0.4 is 11.1 Å². The van der Waals surface area contributed by atoms with Gasteiger partial charge < -0.3 is 39.2 Å². The van der Waals surface area contributed by atoms with Crippen molar-refractivity contribution in [3.8, 4) is 0 Å². The Bertz CT molecular complexity index is 1210. The predicted molar refractivity (Wildman–Crippen MR) is 226 cm³/mol. The Kier molecular flexibility index (Phi) is 18.9. The van der Waals surface area contributed by atoms with Crippen LogP contribution in [0.2, 0.25) is 0 Å². The highest BCUT2D eigenvalue weighted by Gasteiger charge is 2.39. The largest absolute Gasteiger partial charge is 0.468 e. The summed E-state index contributed by atoms with van der Waals surface area (Å²) in [5.41, 5.74) is 4.40. The predicted octanol–water partition coefficient (Wildman–Crippen LogP) is 8.76. The third-order valence-electron chi connectivity index (χ3n) is 12.3. The minimum Gasteiger partial charge on any atom is -0.468 e. The van der Waals surface area contributed by atoms with E-state index in [9.17, 15) is 14.4 Å². The van der Waals surface area contributed by atoms with Crippen molar-refractivity contribution in [2.75, 3.05) is 20.3 Å². The van der Waals surface area contributed by atoms with E-state index < -0.39 is 16.7 Å². The van der Waals surface area contributed by atoms with E-state index in [4.69, 9.17) is 29.4 Å². The Labute approximate surface area is 346 Å². The quantitative estimate of drug-likeness (QED) is 0.154. The first-order valence-electron chi connectivity index (χ1n) is 22.3. The molecule has 12 heteroatoms. The molecule has 2 heterocycles. The van der Waals surface area contributed by atoms with Gasteiger partial charge in [0.05, 0.1) is 19.3 Å². The molecule has 0 aromatic rings. The van der Waals surface area contributed by atoms with Crippen molar-refractivity contribution in [1.82, 2.24) is 15.1 Å². The van der Waals surface area contributed by atoms with Gasteiger partial charge in [-0.3, -0.25) is 10.1 Å². The number of nitrogens with one attached hydrogen (secondary N) is 1. The average Bonchev–Trinajstić information content (AvgIpc) is 3.07. The number of hydrogen-bond acceptors (Lipinski definition) is 10. The highest BCUT2D eigenvalue weighted by Crippen LogP contribution is 2.32. The minimum absolute atomic E-state index is 0.110. The van der Waals surface area contributed by atoms with Gasteiger partial charge in [0.25, 0.3) is 0 Å². The topological polar surface area (TPSA) is 142 Å². The molecule has 2 saturated heterocycles. The molecule has 4 fully saturated rings. The van der Waals surface area contributed by atoms with Gasteiger partial charge in [0, 0.05) is 49.5 Å². The van der Waals surface area contributed by atoms with Crippen LogP contribution in [0.15, 0.2) is 0 Å². The summed E-state index contributed by atoms with van der Waals surface area (Å²) in [5, 5.41) is 3.46. The lowest BCUT2D eigenvalue weighted by Gasteiger charge is -2.42. The first kappa shape index (κ1) is 49.2. The molecule has 4 aliphatic rings. The minimum atomic E-state index is -0.642. The molecule has 2 unspecified atom stereocenters. The van der Waals surface area contributed by atoms with Gasteiger partial charge in [-0.25, -0.2) is 9.59 Å². The van der Waals surface area contributed by atoms with Crippen molar-refractivity contribution in [3.63, 3.8) is 0 Å². The molecule has 0 aromatic carbocycles. The summed E-state index contributed by atoms with van der Waals surface area (Å²) < 4.78 is 28.5. The molecule has 12 nitrogen and oxygen atoms in total. The lowest BCUT2D eigenvalue weighted by atomic mass is 9.83. The second-order valence-corrected chi connectivity index (χ2v) is 20.4. The molecule has 6 atom stereocenters. The molecule has 4 rings (SSSR count). The third kappa shape index (κ3) is 16.8. The van der Waals surface area contributed by atoms with Crippen molar-refractivity contribution in [1.29, 1.82) is 0 Å². The number of likely N-dealkylation sites (tertiary alicyclic amines) is 2. The van der Waals surface area contributed by atoms with Gasteiger partial charge in [-0.1, -0.05) is 0 Å². The SMILES string of the molecule is COC(=O)C(C)(C)N[C@H]1CC[C@H](CCOC2C[C@@H](C)N(C(=O)OC(C)(C)C)[C@@H](C)C2)CC1.C[C@@H]1CC(OCC[C@H]2CC[C@H](N)CC2)C[C@H](C)N1C(=O)OC(C)(C)C. The summed E-state index contributed by atoms with van der Waals surface area (Å²) in [5.74, 6) is 1.23. The van der Waals surface area contributed by atoms with Crippen LogP contribution in [-0.2, 0) is 28.5 Å². The zero-order valence-corrected chi connectivity index (χ0v) is 38.3. The zero-order valence-electron chi connectivity index (χ0n) is 38.3. The fourth-order valence-corrected chi connectivity index (χ4v) is 9.36. The average molecular weight is 809 g/mol. The fourth-order valence-electron chi connectivity index (χ4n) is 9.36. The van der Waals surface area contributed by atoms with Crippen LogP contribution in [0.5, 0.6) is 0 Å². The number of nitrogens with zero attached hydrogens (tertiary/aromatic N) is 2. The number of ether oxygens (including phenoxy) is 5. The molecule has 0 radical (unpaired) electrons. The standard InChI is InChI=1S/C25H46N2O5.C20H38N2O3/c1-17-15-21(16-18(2)27(17)23(29)32-24(3,4)5)31-14-13-19-9-11-20(12-10-19)26-25(6,7)22(28)30-8;1-14-12-18(24-11-10-16-6-8-17(21)9-7-16)13-15(2)22(14)19(23)25-20(3,4)5/h17-21,26H,9-16H2,1-8H3;14-18H,6-13,21H2,1-5H3/t17-,18+,19-,20-,21?;14-,15+,16-,17-,18?. The van der Waals surface area contributed by atoms with Crippen LogP contribution in [0.25, 0.3) is 0 Å². The molecule has 57 heavy (non-hydrogen) atoms. The van der Waals surface area contributed by atoms with Gasteiger partial charge in [0.15, 0.2) is 0 Å². The second kappa shape index (κ2) is 21.9. The van der Waals surface area contributed by atoms with E-state index in [1.54, 1.807) is 0 Å². The summed E-state index contributed by atoms with van der Waals surface area (Å²) in [7, 11) is 1.44. The molecule has 0 spiro atoms. The Balaban J connectivity index is 0.000000315. The van der Waals surface area contributed by atoms with Crippen molar-refractivity contribution >= 4 is 18.2 Å². The monoisotopic (exact) mass is 809 g/mol. The normalized spacial score (nSPS) is 31.5. The van der Waals surface area contributed by atoms with Gasteiger partial charge >= 0.3 is 18.2 Å². The Hall–Kier alpha value is -2.15. The van der Waals surface area contributed by atoms with E-state index in [1.807, 2.05) is 65.2 Å². The number of nitrogens with two attached hydrogens (primary N) is 1. The van der Waals surface area contributed by atoms with Crippen LogP contribution in [0.4, 0.5) is 9.59 Å². The molecule has 3 N–H and O–H groups in total. The Morgan fingerprint density at radius 1 is 0.596 bits per heavy atom. The lowest BCUT2D eigenvalue weighted by Crippen LogP contribution is -2.53. The third-order valence-corrected chi connectivity index (χ3v) is 12.3. The van der Waals surface area contributed by atoms with Crippen molar-refractivity contribution < 1.29 is 38.1 Å². The van der Waals surface area contributed by atoms with Gasteiger partial charge in [-0.05, 0) is 185 Å². The highest BCUT2D eigenvalue weighted by atomic mass is 16.6. The molecule has 2 saturated carbocycles. The smallest absolute Gasteiger partial charge is 0.410 e. The maximum absolute atomic E-state index is 12.6. The van der Waals surface area contributed by atoms with E-state index in [2.05, 4.69) is 33.0 Å². The molecule has 0 bridgehead atoms. The first-order chi connectivity index (χ1) is 26.5. The van der Waals surface area contributed by atoms with Crippen LogP contribution in [0.3, 0.4) is 0 Å². The summed E-state index contributed by atoms with van der Waals surface area (Å²) in [4.78, 5) is 40.7. The van der Waals surface area contributed by atoms with E-state index in [0.717, 1.165) is 96.2 Å². The molecule has 2 amide bonds. The number of rotatable bonds is 11. The maximum atomic E-state index is 12.6. The number of piperidine rings is 2. The number of amides is 2. The zero-order chi connectivity index (χ0) is 42.7. The number of hydrogen-bond donors (Lipinski definition) is 2. The van der Waals surface area contributed by atoms with E-state index in [-0.39, 0.29) is 54.5 Å². The first-order valence-corrected chi connectivity index (χ1v) is 22.3. The highest BCUT2D eigenvalue weighted by molar-refractivity contribution is 5.79. The van der Waals surface area contributed by atoms with Crippen LogP contribution >= 0.6 is 0 Å². The van der Waals surface area contributed by atoms with E-state index in [0.29, 0.717) is 18.0 Å². The molecule has 0 aromatic heterocycles. The number of methoxy groups -OCH3 is 1. The molecule has 2 aliphatic carbocycles. The number of carbonyl (C=O) groups excluding carboxylic acids is 3. The van der Waals surface area contributed by atoms with E-state index >= 15 is 0 Å². The molecular weight excluding hydrogens is 725 g/mol. The number of carbonyl (C=O) groups is 3. The maximum Gasteiger partial charge on any atom is 0.410 e. The van der Waals surface area contributed by atoms with Crippen LogP contribution in [0, 0.1) is 11.8 Å². The Morgan fingerprint density at radius 2 is 0.947 bits per heavy atom. The summed E-state index contributed by atoms with van der Waals surface area (Å²) >= 11 is 0. The summed E-state index contributed by atoms with van der Waals surface area (Å²) in [6.07, 6.45) is 15.0. The van der Waals surface area contributed by atoms with E-state index in [1.165, 1.54) is 20.0 Å². The summed E-state index contributed by atoms with van der Waals surface area (Å²) in [6.45, 7) is 25.2. The van der Waals surface area contributed by atoms with Crippen molar-refractivity contribution in [3.05, 3.63) is 0 Å². The Morgan fingerprint density at radius 3 is 1.28 bits per heavy atom. The van der Waals surface area contributed by atoms with Crippen molar-refractivity contribution in [2.45, 2.75) is 238 Å². The van der Waals surface area contributed by atoms with Gasteiger partial charge in [0.1, 0.15) is 16.7 Å². The second-order valence-electron chi connectivity index (χ2n) is 20.4. The lowest BCUT2D eigenvalue weighted by molar-refractivity contribution is -0.147. The fraction of sp³-hybridized carbons (Fsp3) is 0.933. The molecule has 2 aliphatic heterocycles. The molecular formula is C45H84N4O8. The number of esters is 1. The van der Waals surface area contributed by atoms with Gasteiger partial charge in [-0.15, -0.1) is 0 Å². The van der Waals surface area contributed by atoms with Gasteiger partial charge in [-0.2, -0.15) is 0 Å². The van der Waals surface area contributed by atoms with Gasteiger partial charge in [0.2, 0.25) is 0 Å². The van der Waals surface area contributed by atoms with Crippen LogP contribution in [-0.4, -0.2) is 113 Å². The van der Waals surface area contributed by atoms with Crippen LogP contribution in [0.1, 0.15) is 173 Å². The molecule has 332 valence electrons. The van der Waals surface area contributed by atoms with Crippen molar-refractivity contribution in [2.24, 2.45) is 17.6 Å². The summed E-state index contributed by atoms with van der Waals surface area (Å²) in [6, 6.07) is 1.29.